The second-order valence-corrected chi connectivity index (χ2v) is 6.29. The number of para-hydroxylation sites is 1. The maximum atomic E-state index is 13.4. The molecule has 0 bridgehead atoms. The van der Waals surface area contributed by atoms with Crippen molar-refractivity contribution in [3.63, 3.8) is 0 Å². The van der Waals surface area contributed by atoms with E-state index in [0.717, 1.165) is 24.4 Å². The van der Waals surface area contributed by atoms with Gasteiger partial charge in [0.25, 0.3) is 5.56 Å². The van der Waals surface area contributed by atoms with Gasteiger partial charge >= 0.3 is 6.18 Å². The first kappa shape index (κ1) is 19.9. The Morgan fingerprint density at radius 2 is 1.83 bits per heavy atom. The molecule has 1 N–H and O–H groups in total. The van der Waals surface area contributed by atoms with Gasteiger partial charge in [-0.15, -0.1) is 0 Å². The lowest BCUT2D eigenvalue weighted by Crippen LogP contribution is -2.25. The lowest BCUT2D eigenvalue weighted by Gasteiger charge is -2.15. The minimum Gasteiger partial charge on any atom is -0.507 e. The van der Waals surface area contributed by atoms with Gasteiger partial charge in [0.05, 0.1) is 16.8 Å². The highest BCUT2D eigenvalue weighted by Crippen LogP contribution is 2.33. The molecule has 8 heteroatoms. The van der Waals surface area contributed by atoms with Gasteiger partial charge in [0, 0.05) is 11.8 Å². The molecule has 0 unspecified atom stereocenters. The van der Waals surface area contributed by atoms with Gasteiger partial charge in [0.15, 0.2) is 5.78 Å². The molecule has 0 saturated carbocycles. The number of benzene rings is 2. The molecule has 3 rings (SSSR count). The summed E-state index contributed by atoms with van der Waals surface area (Å²) < 4.78 is 40.8. The molecule has 146 valence electrons. The molecule has 0 saturated heterocycles. The Morgan fingerprint density at radius 1 is 1.14 bits per heavy atom. The fourth-order valence-electron chi connectivity index (χ4n) is 2.88. The number of aromatic nitrogens is 1. The first-order valence-electron chi connectivity index (χ1n) is 8.31. The molecular weight excluding hydrogens is 385 g/mol. The molecule has 0 amide bonds. The zero-order chi connectivity index (χ0) is 21.3. The Bertz CT molecular complexity index is 1220. The molecule has 0 fully saturated rings. The van der Waals surface area contributed by atoms with Crippen LogP contribution in [0.4, 0.5) is 13.2 Å². The van der Waals surface area contributed by atoms with Crippen molar-refractivity contribution in [2.75, 3.05) is 0 Å². The third kappa shape index (κ3) is 3.75. The van der Waals surface area contributed by atoms with E-state index in [1.54, 1.807) is 19.1 Å². The van der Waals surface area contributed by atoms with Crippen LogP contribution in [0.5, 0.6) is 5.75 Å². The number of hydrogen-bond acceptors (Lipinski definition) is 4. The van der Waals surface area contributed by atoms with E-state index in [2.05, 4.69) is 0 Å². The van der Waals surface area contributed by atoms with Gasteiger partial charge in [-0.3, -0.25) is 14.2 Å². The Hall–Kier alpha value is -3.86. The molecule has 29 heavy (non-hydrogen) atoms. The number of carbonyl (C=O) groups is 1. The van der Waals surface area contributed by atoms with Crippen molar-refractivity contribution >= 4 is 5.78 Å². The zero-order valence-electron chi connectivity index (χ0n) is 15.0. The maximum absolute atomic E-state index is 13.4. The van der Waals surface area contributed by atoms with Crippen LogP contribution in [-0.2, 0) is 6.18 Å². The molecule has 0 atom stereocenters. The molecule has 0 aliphatic heterocycles. The third-order valence-electron chi connectivity index (χ3n) is 4.27. The minimum absolute atomic E-state index is 0.0943. The van der Waals surface area contributed by atoms with E-state index >= 15 is 0 Å². The number of nitriles is 1. The molecule has 0 aliphatic carbocycles. The molecular formula is C21H13F3N2O3. The molecule has 0 radical (unpaired) electrons. The van der Waals surface area contributed by atoms with E-state index in [-0.39, 0.29) is 16.9 Å². The van der Waals surface area contributed by atoms with Gasteiger partial charge in [-0.25, -0.2) is 0 Å². The number of rotatable bonds is 3. The normalized spacial score (nSPS) is 11.1. The van der Waals surface area contributed by atoms with Crippen molar-refractivity contribution in [2.24, 2.45) is 0 Å². The Kier molecular flexibility index (Phi) is 4.99. The molecule has 1 aromatic heterocycles. The standard InChI is InChI=1S/C21H13F3N2O3/c1-12-6-7-18(27)15(8-12)19(28)14-9-13(10-25)20(29)26(11-14)17-5-3-2-4-16(17)21(22,23)24/h2-9,11,27H,1H3. The van der Waals surface area contributed by atoms with E-state index in [9.17, 15) is 33.1 Å². The summed E-state index contributed by atoms with van der Waals surface area (Å²) in [5.41, 5.74) is -2.72. The number of ketones is 1. The van der Waals surface area contributed by atoms with Crippen LogP contribution in [0, 0.1) is 18.3 Å². The van der Waals surface area contributed by atoms with Gasteiger partial charge in [-0.05, 0) is 37.3 Å². The fraction of sp³-hybridized carbons (Fsp3) is 0.0952. The van der Waals surface area contributed by atoms with E-state index in [0.29, 0.717) is 10.1 Å². The molecule has 1 heterocycles. The first-order valence-corrected chi connectivity index (χ1v) is 8.31. The Labute approximate surface area is 162 Å². The average molecular weight is 398 g/mol. The monoisotopic (exact) mass is 398 g/mol. The highest BCUT2D eigenvalue weighted by Gasteiger charge is 2.34. The quantitative estimate of drug-likeness (QED) is 0.677. The lowest BCUT2D eigenvalue weighted by molar-refractivity contribution is -0.137. The summed E-state index contributed by atoms with van der Waals surface area (Å²) in [5, 5.41) is 19.2. The smallest absolute Gasteiger partial charge is 0.418 e. The number of carbonyl (C=O) groups excluding carboxylic acids is 1. The topological polar surface area (TPSA) is 83.1 Å². The number of phenols is 1. The Balaban J connectivity index is 2.28. The summed E-state index contributed by atoms with van der Waals surface area (Å²) >= 11 is 0. The first-order chi connectivity index (χ1) is 13.6. The van der Waals surface area contributed by atoms with Crippen molar-refractivity contribution in [2.45, 2.75) is 13.1 Å². The summed E-state index contributed by atoms with van der Waals surface area (Å²) in [6.45, 7) is 1.69. The van der Waals surface area contributed by atoms with Crippen molar-refractivity contribution in [3.8, 4) is 17.5 Å². The second-order valence-electron chi connectivity index (χ2n) is 6.29. The SMILES string of the molecule is Cc1ccc(O)c(C(=O)c2cc(C#N)c(=O)n(-c3ccccc3C(F)(F)F)c2)c1. The largest absolute Gasteiger partial charge is 0.507 e. The lowest BCUT2D eigenvalue weighted by atomic mass is 10.0. The van der Waals surface area contributed by atoms with Gasteiger partial charge in [-0.2, -0.15) is 18.4 Å². The fourth-order valence-corrected chi connectivity index (χ4v) is 2.88. The van der Waals surface area contributed by atoms with Crippen LogP contribution < -0.4 is 5.56 Å². The number of phenolic OH excluding ortho intramolecular Hbond substituents is 1. The van der Waals surface area contributed by atoms with Crippen LogP contribution in [-0.4, -0.2) is 15.5 Å². The van der Waals surface area contributed by atoms with Crippen LogP contribution in [0.2, 0.25) is 0 Å². The van der Waals surface area contributed by atoms with Crippen molar-refractivity contribution < 1.29 is 23.1 Å². The summed E-state index contributed by atoms with van der Waals surface area (Å²) in [7, 11) is 0. The van der Waals surface area contributed by atoms with Crippen molar-refractivity contribution in [3.05, 3.63) is 92.9 Å². The zero-order valence-corrected chi connectivity index (χ0v) is 15.0. The summed E-state index contributed by atoms with van der Waals surface area (Å²) in [6, 6.07) is 11.2. The predicted octanol–water partition coefficient (Wildman–Crippen LogP) is 3.97. The van der Waals surface area contributed by atoms with Gasteiger partial charge in [0.1, 0.15) is 17.4 Å². The number of alkyl halides is 3. The van der Waals surface area contributed by atoms with Crippen LogP contribution in [0.3, 0.4) is 0 Å². The summed E-state index contributed by atoms with van der Waals surface area (Å²) in [5.74, 6) is -1.06. The maximum Gasteiger partial charge on any atom is 0.418 e. The predicted molar refractivity (Wildman–Crippen MR) is 98.0 cm³/mol. The summed E-state index contributed by atoms with van der Waals surface area (Å²) in [6.07, 6.45) is -3.81. The van der Waals surface area contributed by atoms with Crippen LogP contribution in [0.1, 0.15) is 32.6 Å². The Morgan fingerprint density at radius 3 is 2.48 bits per heavy atom. The number of pyridine rings is 1. The molecule has 0 spiro atoms. The van der Waals surface area contributed by atoms with Gasteiger partial charge < -0.3 is 5.11 Å². The van der Waals surface area contributed by atoms with E-state index in [4.69, 9.17) is 0 Å². The van der Waals surface area contributed by atoms with Gasteiger partial charge in [-0.1, -0.05) is 23.8 Å². The molecule has 3 aromatic rings. The van der Waals surface area contributed by atoms with Crippen molar-refractivity contribution in [1.82, 2.24) is 4.57 Å². The van der Waals surface area contributed by atoms with Crippen LogP contribution in [0.15, 0.2) is 59.5 Å². The number of nitrogens with zero attached hydrogens (tertiary/aromatic N) is 2. The second kappa shape index (κ2) is 7.28. The van der Waals surface area contributed by atoms with Crippen molar-refractivity contribution in [1.29, 1.82) is 5.26 Å². The molecule has 5 nitrogen and oxygen atoms in total. The van der Waals surface area contributed by atoms with Gasteiger partial charge in [0.2, 0.25) is 0 Å². The number of halogens is 3. The van der Waals surface area contributed by atoms with E-state index in [1.165, 1.54) is 24.3 Å². The van der Waals surface area contributed by atoms with E-state index < -0.39 is 34.3 Å². The summed E-state index contributed by atoms with van der Waals surface area (Å²) in [4.78, 5) is 25.4. The average Bonchev–Trinajstić information content (AvgIpc) is 2.69. The van der Waals surface area contributed by atoms with Crippen LogP contribution in [0.25, 0.3) is 5.69 Å². The van der Waals surface area contributed by atoms with E-state index in [1.807, 2.05) is 0 Å². The number of hydrogen-bond donors (Lipinski definition) is 1. The number of aromatic hydroxyl groups is 1. The molecule has 0 aliphatic rings. The highest BCUT2D eigenvalue weighted by molar-refractivity contribution is 6.10. The van der Waals surface area contributed by atoms with Crippen LogP contribution >= 0.6 is 0 Å². The third-order valence-corrected chi connectivity index (χ3v) is 4.27. The highest BCUT2D eigenvalue weighted by atomic mass is 19.4. The number of aryl methyl sites for hydroxylation is 1. The minimum atomic E-state index is -4.75. The molecule has 2 aromatic carbocycles.